The fourth-order valence-electron chi connectivity index (χ4n) is 2.81. The Balaban J connectivity index is 1.46. The van der Waals surface area contributed by atoms with Gasteiger partial charge < -0.3 is 14.2 Å². The van der Waals surface area contributed by atoms with Gasteiger partial charge >= 0.3 is 0 Å². The van der Waals surface area contributed by atoms with Gasteiger partial charge in [0.05, 0.1) is 14.2 Å². The second kappa shape index (κ2) is 8.94. The van der Waals surface area contributed by atoms with Crippen molar-refractivity contribution in [3.8, 4) is 28.9 Å². The van der Waals surface area contributed by atoms with Gasteiger partial charge in [-0.15, -0.1) is 10.2 Å². The zero-order valence-corrected chi connectivity index (χ0v) is 18.0. The monoisotopic (exact) mass is 453 g/mol. The quantitative estimate of drug-likeness (QED) is 0.432. The summed E-state index contributed by atoms with van der Waals surface area (Å²) >= 11 is 0. The van der Waals surface area contributed by atoms with Gasteiger partial charge in [-0.2, -0.15) is 5.10 Å². The fourth-order valence-corrected chi connectivity index (χ4v) is 4.02. The summed E-state index contributed by atoms with van der Waals surface area (Å²) in [7, 11) is -0.998. The summed E-state index contributed by atoms with van der Waals surface area (Å²) in [6.07, 6.45) is 3.40. The van der Waals surface area contributed by atoms with E-state index in [2.05, 4.69) is 20.0 Å². The molecule has 2 heterocycles. The third kappa shape index (κ3) is 4.62. The highest BCUT2D eigenvalue weighted by Gasteiger charge is 2.20. The topological polar surface area (TPSA) is 117 Å². The van der Waals surface area contributed by atoms with Crippen LogP contribution < -0.4 is 18.9 Å². The predicted octanol–water partition coefficient (Wildman–Crippen LogP) is 3.27. The average molecular weight is 453 g/mol. The molecule has 0 fully saturated rings. The van der Waals surface area contributed by atoms with E-state index in [1.165, 1.54) is 26.4 Å². The first-order valence-corrected chi connectivity index (χ1v) is 10.8. The van der Waals surface area contributed by atoms with Crippen LogP contribution in [-0.4, -0.2) is 42.6 Å². The molecule has 10 nitrogen and oxygen atoms in total. The van der Waals surface area contributed by atoms with E-state index in [1.807, 2.05) is 0 Å². The van der Waals surface area contributed by atoms with Gasteiger partial charge in [0, 0.05) is 30.2 Å². The lowest BCUT2D eigenvalue weighted by atomic mass is 10.3. The molecule has 4 aromatic rings. The molecule has 0 aliphatic carbocycles. The first kappa shape index (κ1) is 21.1. The van der Waals surface area contributed by atoms with E-state index in [9.17, 15) is 8.42 Å². The maximum Gasteiger partial charge on any atom is 0.265 e. The number of benzene rings is 2. The van der Waals surface area contributed by atoms with Crippen LogP contribution in [0.3, 0.4) is 0 Å². The molecular formula is C21H19N5O5S. The smallest absolute Gasteiger partial charge is 0.265 e. The van der Waals surface area contributed by atoms with E-state index in [0.717, 1.165) is 0 Å². The molecule has 2 aromatic heterocycles. The van der Waals surface area contributed by atoms with Crippen LogP contribution in [0.2, 0.25) is 0 Å². The highest BCUT2D eigenvalue weighted by atomic mass is 32.2. The molecule has 0 amide bonds. The van der Waals surface area contributed by atoms with E-state index in [4.69, 9.17) is 14.2 Å². The van der Waals surface area contributed by atoms with Crippen LogP contribution in [0.15, 0.2) is 78.0 Å². The molecule has 0 spiro atoms. The minimum Gasteiger partial charge on any atom is -0.497 e. The minimum atomic E-state index is -3.88. The Morgan fingerprint density at radius 1 is 0.906 bits per heavy atom. The van der Waals surface area contributed by atoms with Crippen molar-refractivity contribution >= 4 is 15.7 Å². The number of nitrogens with one attached hydrogen (secondary N) is 1. The van der Waals surface area contributed by atoms with Crippen molar-refractivity contribution < 1.29 is 22.6 Å². The third-order valence-electron chi connectivity index (χ3n) is 4.35. The summed E-state index contributed by atoms with van der Waals surface area (Å²) in [5, 5.41) is 12.2. The van der Waals surface area contributed by atoms with Crippen molar-refractivity contribution in [2.75, 3.05) is 18.9 Å². The number of hydrogen-bond donors (Lipinski definition) is 1. The van der Waals surface area contributed by atoms with Gasteiger partial charge in [-0.3, -0.25) is 4.72 Å². The normalized spacial score (nSPS) is 11.1. The van der Waals surface area contributed by atoms with Crippen molar-refractivity contribution in [3.63, 3.8) is 0 Å². The maximum absolute atomic E-state index is 12.8. The number of ether oxygens (including phenoxy) is 3. The largest absolute Gasteiger partial charge is 0.497 e. The zero-order valence-electron chi connectivity index (χ0n) is 17.2. The summed E-state index contributed by atoms with van der Waals surface area (Å²) < 4.78 is 45.7. The fraction of sp³-hybridized carbons (Fsp3) is 0.0952. The number of methoxy groups -OCH3 is 2. The molecular weight excluding hydrogens is 434 g/mol. The molecule has 0 saturated carbocycles. The number of hydrogen-bond acceptors (Lipinski definition) is 8. The molecule has 0 bridgehead atoms. The van der Waals surface area contributed by atoms with Crippen molar-refractivity contribution in [2.45, 2.75) is 4.90 Å². The van der Waals surface area contributed by atoms with Crippen molar-refractivity contribution in [1.82, 2.24) is 20.0 Å². The maximum atomic E-state index is 12.8. The molecule has 0 unspecified atom stereocenters. The molecule has 2 aromatic carbocycles. The highest BCUT2D eigenvalue weighted by Crippen LogP contribution is 2.30. The molecule has 0 aliphatic rings. The Kier molecular flexibility index (Phi) is 5.90. The minimum absolute atomic E-state index is 0.00586. The van der Waals surface area contributed by atoms with Crippen LogP contribution in [0.5, 0.6) is 23.1 Å². The average Bonchev–Trinajstić information content (AvgIpc) is 3.35. The lowest BCUT2D eigenvalue weighted by molar-refractivity contribution is 0.386. The van der Waals surface area contributed by atoms with E-state index in [1.54, 1.807) is 65.6 Å². The van der Waals surface area contributed by atoms with E-state index >= 15 is 0 Å². The lowest BCUT2D eigenvalue weighted by Crippen LogP contribution is -2.14. The van der Waals surface area contributed by atoms with Gasteiger partial charge in [-0.1, -0.05) is 0 Å². The van der Waals surface area contributed by atoms with E-state index in [-0.39, 0.29) is 16.5 Å². The van der Waals surface area contributed by atoms with Gasteiger partial charge in [0.25, 0.3) is 10.0 Å². The summed E-state index contributed by atoms with van der Waals surface area (Å²) in [6, 6.07) is 16.0. The van der Waals surface area contributed by atoms with E-state index in [0.29, 0.717) is 23.0 Å². The van der Waals surface area contributed by atoms with Crippen molar-refractivity contribution in [3.05, 3.63) is 73.1 Å². The molecule has 0 radical (unpaired) electrons. The summed E-state index contributed by atoms with van der Waals surface area (Å²) in [4.78, 5) is -0.00586. The standard InChI is InChI=1S/C21H19N5O5S/c1-29-17-8-9-19(18(14-17)30-2)32(27,28)25-15-4-6-16(7-5-15)31-21-11-10-20(23-24-21)26-13-3-12-22-26/h3-14,25H,1-2H3. The van der Waals surface area contributed by atoms with Crippen molar-refractivity contribution in [2.24, 2.45) is 0 Å². The Morgan fingerprint density at radius 3 is 2.31 bits per heavy atom. The van der Waals surface area contributed by atoms with Gasteiger partial charge in [-0.25, -0.2) is 13.1 Å². The van der Waals surface area contributed by atoms with Gasteiger partial charge in [0.2, 0.25) is 5.88 Å². The number of anilines is 1. The molecule has 4 rings (SSSR count). The zero-order chi connectivity index (χ0) is 22.6. The molecule has 0 atom stereocenters. The van der Waals surface area contributed by atoms with Crippen LogP contribution in [0.4, 0.5) is 5.69 Å². The molecule has 164 valence electrons. The number of rotatable bonds is 8. The van der Waals surface area contributed by atoms with Gasteiger partial charge in [-0.05, 0) is 48.5 Å². The van der Waals surface area contributed by atoms with Crippen molar-refractivity contribution in [1.29, 1.82) is 0 Å². The number of aromatic nitrogens is 4. The molecule has 32 heavy (non-hydrogen) atoms. The molecule has 1 N–H and O–H groups in total. The van der Waals surface area contributed by atoms with Crippen LogP contribution in [-0.2, 0) is 10.0 Å². The summed E-state index contributed by atoms with van der Waals surface area (Å²) in [6.45, 7) is 0. The lowest BCUT2D eigenvalue weighted by Gasteiger charge is -2.13. The predicted molar refractivity (Wildman–Crippen MR) is 116 cm³/mol. The Morgan fingerprint density at radius 2 is 1.69 bits per heavy atom. The Labute approximate surface area is 184 Å². The second-order valence-electron chi connectivity index (χ2n) is 6.43. The molecule has 0 aliphatic heterocycles. The van der Waals surface area contributed by atoms with Gasteiger partial charge in [0.1, 0.15) is 22.1 Å². The Bertz CT molecular complexity index is 1290. The van der Waals surface area contributed by atoms with Crippen LogP contribution in [0, 0.1) is 0 Å². The molecule has 0 saturated heterocycles. The third-order valence-corrected chi connectivity index (χ3v) is 5.78. The first-order chi connectivity index (χ1) is 15.5. The highest BCUT2D eigenvalue weighted by molar-refractivity contribution is 7.92. The first-order valence-electron chi connectivity index (χ1n) is 9.35. The van der Waals surface area contributed by atoms with Crippen LogP contribution >= 0.6 is 0 Å². The molecule has 11 heteroatoms. The van der Waals surface area contributed by atoms with Crippen LogP contribution in [0.1, 0.15) is 0 Å². The van der Waals surface area contributed by atoms with E-state index < -0.39 is 10.0 Å². The Hall–Kier alpha value is -4.12. The summed E-state index contributed by atoms with van der Waals surface area (Å²) in [5.41, 5.74) is 0.357. The SMILES string of the molecule is COc1ccc(S(=O)(=O)Nc2ccc(Oc3ccc(-n4cccn4)nn3)cc2)c(OC)c1. The summed E-state index contributed by atoms with van der Waals surface area (Å²) in [5.74, 6) is 1.98. The second-order valence-corrected chi connectivity index (χ2v) is 8.08. The van der Waals surface area contributed by atoms with Crippen LogP contribution in [0.25, 0.3) is 5.82 Å². The van der Waals surface area contributed by atoms with Gasteiger partial charge in [0.15, 0.2) is 5.82 Å². The number of nitrogens with zero attached hydrogens (tertiary/aromatic N) is 4. The number of sulfonamides is 1.